The normalized spacial score (nSPS) is 12.8. The van der Waals surface area contributed by atoms with E-state index in [1.807, 2.05) is 30.3 Å². The van der Waals surface area contributed by atoms with Gasteiger partial charge in [0.15, 0.2) is 0 Å². The van der Waals surface area contributed by atoms with Crippen LogP contribution in [-0.4, -0.2) is 4.98 Å². The second kappa shape index (κ2) is 4.07. The van der Waals surface area contributed by atoms with E-state index in [2.05, 4.69) is 35.3 Å². The summed E-state index contributed by atoms with van der Waals surface area (Å²) in [5.41, 5.74) is 9.56. The van der Waals surface area contributed by atoms with Crippen molar-refractivity contribution in [3.63, 3.8) is 0 Å². The molecule has 0 unspecified atom stereocenters. The van der Waals surface area contributed by atoms with Gasteiger partial charge in [-0.25, -0.2) is 0 Å². The van der Waals surface area contributed by atoms with E-state index >= 15 is 0 Å². The smallest absolute Gasteiger partial charge is 0.0704 e. The number of H-pyrrole nitrogens is 1. The lowest BCUT2D eigenvalue weighted by Crippen LogP contribution is -2.11. The van der Waals surface area contributed by atoms with Crippen LogP contribution >= 0.6 is 0 Å². The first-order chi connectivity index (χ1) is 8.34. The van der Waals surface area contributed by atoms with E-state index in [4.69, 9.17) is 5.73 Å². The first-order valence-corrected chi connectivity index (χ1v) is 5.73. The fourth-order valence-corrected chi connectivity index (χ4v) is 2.10. The Morgan fingerprint density at radius 2 is 1.59 bits per heavy atom. The van der Waals surface area contributed by atoms with E-state index in [-0.39, 0.29) is 6.04 Å². The van der Waals surface area contributed by atoms with Gasteiger partial charge in [0.2, 0.25) is 0 Å². The zero-order valence-corrected chi connectivity index (χ0v) is 9.43. The largest absolute Gasteiger partial charge is 0.357 e. The highest BCUT2D eigenvalue weighted by molar-refractivity contribution is 5.80. The molecule has 0 aliphatic carbocycles. The van der Waals surface area contributed by atoms with Crippen LogP contribution < -0.4 is 5.73 Å². The van der Waals surface area contributed by atoms with Crippen molar-refractivity contribution in [2.45, 2.75) is 6.04 Å². The van der Waals surface area contributed by atoms with Gasteiger partial charge in [-0.1, -0.05) is 48.5 Å². The van der Waals surface area contributed by atoms with Gasteiger partial charge in [-0.15, -0.1) is 0 Å². The summed E-state index contributed by atoms with van der Waals surface area (Å²) >= 11 is 0. The summed E-state index contributed by atoms with van der Waals surface area (Å²) in [7, 11) is 0. The topological polar surface area (TPSA) is 41.8 Å². The lowest BCUT2D eigenvalue weighted by atomic mass is 10.1. The highest BCUT2D eigenvalue weighted by atomic mass is 14.8. The van der Waals surface area contributed by atoms with Crippen LogP contribution in [0.1, 0.15) is 17.3 Å². The molecule has 0 radical (unpaired) electrons. The van der Waals surface area contributed by atoms with Crippen LogP contribution in [0.5, 0.6) is 0 Å². The van der Waals surface area contributed by atoms with Gasteiger partial charge >= 0.3 is 0 Å². The van der Waals surface area contributed by atoms with Gasteiger partial charge in [0, 0.05) is 11.2 Å². The lowest BCUT2D eigenvalue weighted by Gasteiger charge is -2.09. The van der Waals surface area contributed by atoms with Gasteiger partial charge in [-0.3, -0.25) is 0 Å². The molecule has 1 aromatic heterocycles. The average molecular weight is 222 g/mol. The van der Waals surface area contributed by atoms with Crippen molar-refractivity contribution in [2.75, 3.05) is 0 Å². The molecule has 0 amide bonds. The Morgan fingerprint density at radius 3 is 2.35 bits per heavy atom. The van der Waals surface area contributed by atoms with Gasteiger partial charge in [0.25, 0.3) is 0 Å². The summed E-state index contributed by atoms with van der Waals surface area (Å²) < 4.78 is 0. The molecule has 2 aromatic carbocycles. The first-order valence-electron chi connectivity index (χ1n) is 5.73. The number of benzene rings is 2. The van der Waals surface area contributed by atoms with Gasteiger partial charge < -0.3 is 10.7 Å². The zero-order valence-electron chi connectivity index (χ0n) is 9.43. The minimum Gasteiger partial charge on any atom is -0.357 e. The fraction of sp³-hybridized carbons (Fsp3) is 0.0667. The summed E-state index contributed by atoms with van der Waals surface area (Å²) in [5.74, 6) is 0. The van der Waals surface area contributed by atoms with Crippen molar-refractivity contribution in [1.82, 2.24) is 4.98 Å². The molecular formula is C15H14N2. The number of nitrogens with one attached hydrogen (secondary N) is 1. The maximum absolute atomic E-state index is 6.25. The van der Waals surface area contributed by atoms with E-state index in [9.17, 15) is 0 Å². The third kappa shape index (κ3) is 1.83. The molecule has 3 rings (SSSR count). The van der Waals surface area contributed by atoms with E-state index in [1.54, 1.807) is 0 Å². The molecule has 0 aliphatic rings. The minimum absolute atomic E-state index is 0.0939. The average Bonchev–Trinajstić information content (AvgIpc) is 2.82. The second-order valence-corrected chi connectivity index (χ2v) is 4.20. The molecule has 0 saturated heterocycles. The molecule has 17 heavy (non-hydrogen) atoms. The van der Waals surface area contributed by atoms with Crippen LogP contribution in [-0.2, 0) is 0 Å². The molecule has 3 aromatic rings. The Bertz CT molecular complexity index is 592. The molecule has 0 bridgehead atoms. The van der Waals surface area contributed by atoms with Crippen molar-refractivity contribution in [2.24, 2.45) is 5.73 Å². The minimum atomic E-state index is -0.0939. The van der Waals surface area contributed by atoms with E-state index in [1.165, 1.54) is 5.39 Å². The van der Waals surface area contributed by atoms with Crippen LogP contribution in [0.3, 0.4) is 0 Å². The molecule has 2 heteroatoms. The van der Waals surface area contributed by atoms with E-state index < -0.39 is 0 Å². The first kappa shape index (κ1) is 10.1. The Balaban J connectivity index is 2.04. The molecule has 3 N–H and O–H groups in total. The van der Waals surface area contributed by atoms with Crippen LogP contribution in [0.4, 0.5) is 0 Å². The van der Waals surface area contributed by atoms with E-state index in [0.29, 0.717) is 0 Å². The molecule has 1 heterocycles. The summed E-state index contributed by atoms with van der Waals surface area (Å²) in [5, 5.41) is 1.20. The summed E-state index contributed by atoms with van der Waals surface area (Å²) in [6, 6.07) is 20.4. The number of fused-ring (bicyclic) bond motifs is 1. The molecule has 0 fully saturated rings. The highest BCUT2D eigenvalue weighted by Gasteiger charge is 2.10. The molecule has 84 valence electrons. The molecule has 1 atom stereocenters. The second-order valence-electron chi connectivity index (χ2n) is 4.20. The number of rotatable bonds is 2. The highest BCUT2D eigenvalue weighted by Crippen LogP contribution is 2.22. The molecule has 2 nitrogen and oxygen atoms in total. The monoisotopic (exact) mass is 222 g/mol. The van der Waals surface area contributed by atoms with Crippen molar-refractivity contribution >= 4 is 10.9 Å². The third-order valence-electron chi connectivity index (χ3n) is 3.04. The van der Waals surface area contributed by atoms with Crippen molar-refractivity contribution < 1.29 is 0 Å². The molecule has 0 saturated carbocycles. The van der Waals surface area contributed by atoms with Crippen LogP contribution in [0.15, 0.2) is 60.7 Å². The van der Waals surface area contributed by atoms with Crippen LogP contribution in [0.2, 0.25) is 0 Å². The predicted octanol–water partition coefficient (Wildman–Crippen LogP) is 3.22. The van der Waals surface area contributed by atoms with Gasteiger partial charge in [-0.05, 0) is 23.1 Å². The third-order valence-corrected chi connectivity index (χ3v) is 3.04. The molecular weight excluding hydrogens is 208 g/mol. The molecule has 0 spiro atoms. The lowest BCUT2D eigenvalue weighted by molar-refractivity contribution is 0.842. The quantitative estimate of drug-likeness (QED) is 0.686. The maximum atomic E-state index is 6.25. The molecule has 0 aliphatic heterocycles. The van der Waals surface area contributed by atoms with Crippen LogP contribution in [0, 0.1) is 0 Å². The van der Waals surface area contributed by atoms with Gasteiger partial charge in [0.1, 0.15) is 0 Å². The predicted molar refractivity (Wildman–Crippen MR) is 70.8 cm³/mol. The Kier molecular flexibility index (Phi) is 2.42. The van der Waals surface area contributed by atoms with Gasteiger partial charge in [0.05, 0.1) is 6.04 Å². The fourth-order valence-electron chi connectivity index (χ4n) is 2.10. The Morgan fingerprint density at radius 1 is 0.882 bits per heavy atom. The standard InChI is InChI=1S/C15H14N2/c16-15(11-6-2-1-3-7-11)14-10-12-8-4-5-9-13(12)17-14/h1-10,15,17H,16H2/t15-/m1/s1. The number of aromatic nitrogens is 1. The zero-order chi connectivity index (χ0) is 11.7. The number of para-hydroxylation sites is 1. The van der Waals surface area contributed by atoms with Crippen LogP contribution in [0.25, 0.3) is 10.9 Å². The van der Waals surface area contributed by atoms with Crippen molar-refractivity contribution in [3.05, 3.63) is 71.9 Å². The SMILES string of the molecule is N[C@H](c1ccccc1)c1cc2ccccc2[nH]1. The number of nitrogens with two attached hydrogens (primary N) is 1. The van der Waals surface area contributed by atoms with E-state index in [0.717, 1.165) is 16.8 Å². The maximum Gasteiger partial charge on any atom is 0.0704 e. The van der Waals surface area contributed by atoms with Crippen molar-refractivity contribution in [1.29, 1.82) is 0 Å². The summed E-state index contributed by atoms with van der Waals surface area (Å²) in [6.45, 7) is 0. The van der Waals surface area contributed by atoms with Gasteiger partial charge in [-0.2, -0.15) is 0 Å². The summed E-state index contributed by atoms with van der Waals surface area (Å²) in [6.07, 6.45) is 0. The Labute approximate surface area is 100 Å². The van der Waals surface area contributed by atoms with Crippen molar-refractivity contribution in [3.8, 4) is 0 Å². The Hall–Kier alpha value is -2.06. The number of hydrogen-bond donors (Lipinski definition) is 2. The number of hydrogen-bond acceptors (Lipinski definition) is 1. The number of aromatic amines is 1. The summed E-state index contributed by atoms with van der Waals surface area (Å²) in [4.78, 5) is 3.37.